The molecule has 1 aromatic carbocycles. The van der Waals surface area contributed by atoms with Crippen molar-refractivity contribution in [3.8, 4) is 0 Å². The zero-order valence-corrected chi connectivity index (χ0v) is 19.3. The summed E-state index contributed by atoms with van der Waals surface area (Å²) in [7, 11) is 0. The molecule has 1 N–H and O–H groups in total. The lowest BCUT2D eigenvalue weighted by molar-refractivity contribution is 0.00898. The quantitative estimate of drug-likeness (QED) is 0.279. The molecule has 0 aromatic heterocycles. The number of imide groups is 1. The Kier molecular flexibility index (Phi) is 8.64. The monoisotopic (exact) mass is 465 g/mol. The molecule has 174 valence electrons. The second-order valence-electron chi connectivity index (χ2n) is 7.78. The van der Waals surface area contributed by atoms with Crippen LogP contribution >= 0.6 is 11.8 Å². The van der Waals surface area contributed by atoms with E-state index in [1.807, 2.05) is 0 Å². The van der Waals surface area contributed by atoms with E-state index in [2.05, 4.69) is 10.1 Å². The molecule has 1 heterocycles. The lowest BCUT2D eigenvalue weighted by atomic mass is 10.1. The van der Waals surface area contributed by atoms with Gasteiger partial charge in [0.15, 0.2) is 0 Å². The number of carbonyl (C=O) groups is 5. The van der Waals surface area contributed by atoms with Crippen molar-refractivity contribution in [2.24, 2.45) is 0 Å². The second kappa shape index (κ2) is 11.0. The summed E-state index contributed by atoms with van der Waals surface area (Å²) < 4.78 is 9.38. The number of amides is 4. The fourth-order valence-corrected chi connectivity index (χ4v) is 3.40. The first-order chi connectivity index (χ1) is 15.0. The topological polar surface area (TPSA) is 122 Å². The SMILES string of the molecule is CCSC(=O)N(CCCCNC(=O)OC(=O)OC(C)(C)C)N1C(=O)c2ccccc2C1=O. The molecule has 32 heavy (non-hydrogen) atoms. The van der Waals surface area contributed by atoms with Crippen molar-refractivity contribution in [2.75, 3.05) is 18.8 Å². The highest BCUT2D eigenvalue weighted by Crippen LogP contribution is 2.26. The summed E-state index contributed by atoms with van der Waals surface area (Å²) in [5.41, 5.74) is -0.278. The van der Waals surface area contributed by atoms with Crippen LogP contribution in [0.4, 0.5) is 14.4 Å². The molecule has 0 fully saturated rings. The maximum Gasteiger partial charge on any atom is 0.517 e. The Morgan fingerprint density at radius 2 is 1.66 bits per heavy atom. The van der Waals surface area contributed by atoms with Gasteiger partial charge in [-0.05, 0) is 51.5 Å². The fraction of sp³-hybridized carbons (Fsp3) is 0.476. The summed E-state index contributed by atoms with van der Waals surface area (Å²) in [4.78, 5) is 61.1. The van der Waals surface area contributed by atoms with Gasteiger partial charge >= 0.3 is 17.5 Å². The third kappa shape index (κ3) is 6.71. The molecule has 0 radical (unpaired) electrons. The standard InChI is InChI=1S/C21H27N3O7S/c1-5-32-19(28)23(24-16(25)14-10-6-7-11-15(14)17(24)26)13-9-8-12-22-18(27)30-20(29)31-21(2,3)4/h6-7,10-11H,5,8-9,12-13H2,1-4H3,(H,22,27). The number of alkyl carbamates (subject to hydrolysis) is 1. The number of hydrazine groups is 1. The molecule has 0 spiro atoms. The highest BCUT2D eigenvalue weighted by atomic mass is 32.2. The van der Waals surface area contributed by atoms with E-state index in [9.17, 15) is 24.0 Å². The number of unbranched alkanes of at least 4 members (excludes halogenated alkanes) is 1. The van der Waals surface area contributed by atoms with Crippen molar-refractivity contribution in [1.29, 1.82) is 0 Å². The van der Waals surface area contributed by atoms with Gasteiger partial charge < -0.3 is 14.8 Å². The Labute approximate surface area is 190 Å². The lowest BCUT2D eigenvalue weighted by Gasteiger charge is -2.29. The van der Waals surface area contributed by atoms with Crippen LogP contribution in [-0.2, 0) is 9.47 Å². The number of nitrogens with zero attached hydrogens (tertiary/aromatic N) is 2. The Morgan fingerprint density at radius 1 is 1.06 bits per heavy atom. The molecule has 11 heteroatoms. The molecule has 0 saturated carbocycles. The fourth-order valence-electron chi connectivity index (χ4n) is 2.83. The van der Waals surface area contributed by atoms with Gasteiger partial charge in [-0.3, -0.25) is 14.4 Å². The second-order valence-corrected chi connectivity index (χ2v) is 8.99. The largest absolute Gasteiger partial charge is 0.517 e. The number of ether oxygens (including phenoxy) is 2. The number of hydrogen-bond acceptors (Lipinski definition) is 8. The average molecular weight is 466 g/mol. The summed E-state index contributed by atoms with van der Waals surface area (Å²) in [5.74, 6) is -0.610. The van der Waals surface area contributed by atoms with Gasteiger partial charge in [-0.1, -0.05) is 30.8 Å². The van der Waals surface area contributed by atoms with Crippen LogP contribution in [0, 0.1) is 0 Å². The van der Waals surface area contributed by atoms with E-state index in [0.717, 1.165) is 21.8 Å². The predicted molar refractivity (Wildman–Crippen MR) is 117 cm³/mol. The van der Waals surface area contributed by atoms with Crippen molar-refractivity contribution in [3.05, 3.63) is 35.4 Å². The lowest BCUT2D eigenvalue weighted by Crippen LogP contribution is -2.48. The molecule has 10 nitrogen and oxygen atoms in total. The van der Waals surface area contributed by atoms with Crippen molar-refractivity contribution in [1.82, 2.24) is 15.3 Å². The van der Waals surface area contributed by atoms with E-state index < -0.39 is 34.9 Å². The molecule has 2 rings (SSSR count). The van der Waals surface area contributed by atoms with E-state index in [1.165, 1.54) is 0 Å². The zero-order valence-electron chi connectivity index (χ0n) is 18.5. The third-order valence-corrected chi connectivity index (χ3v) is 4.87. The number of rotatable bonds is 7. The molecule has 0 unspecified atom stereocenters. The Hall–Kier alpha value is -3.08. The van der Waals surface area contributed by atoms with Crippen molar-refractivity contribution < 1.29 is 33.4 Å². The normalized spacial score (nSPS) is 12.9. The van der Waals surface area contributed by atoms with Crippen LogP contribution in [-0.4, -0.2) is 63.8 Å². The molecule has 0 saturated heterocycles. The van der Waals surface area contributed by atoms with Gasteiger partial charge in [0.2, 0.25) is 0 Å². The van der Waals surface area contributed by atoms with E-state index >= 15 is 0 Å². The Morgan fingerprint density at radius 3 is 2.19 bits per heavy atom. The molecule has 1 aromatic rings. The van der Waals surface area contributed by atoms with Gasteiger partial charge in [0.05, 0.1) is 11.1 Å². The molecular weight excluding hydrogens is 438 g/mol. The number of hydrogen-bond donors (Lipinski definition) is 1. The molecule has 0 aliphatic carbocycles. The van der Waals surface area contributed by atoms with Gasteiger partial charge in [-0.25, -0.2) is 14.6 Å². The number of benzene rings is 1. The van der Waals surface area contributed by atoms with E-state index in [0.29, 0.717) is 18.6 Å². The number of fused-ring (bicyclic) bond motifs is 1. The maximum atomic E-state index is 12.7. The minimum Gasteiger partial charge on any atom is -0.428 e. The van der Waals surface area contributed by atoms with Crippen molar-refractivity contribution in [3.63, 3.8) is 0 Å². The van der Waals surface area contributed by atoms with Crippen molar-refractivity contribution in [2.45, 2.75) is 46.1 Å². The van der Waals surface area contributed by atoms with Gasteiger partial charge in [-0.2, -0.15) is 5.01 Å². The van der Waals surface area contributed by atoms with Crippen LogP contribution in [0.1, 0.15) is 61.3 Å². The first-order valence-corrected chi connectivity index (χ1v) is 11.1. The first kappa shape index (κ1) is 25.2. The van der Waals surface area contributed by atoms with Crippen LogP contribution in [0.25, 0.3) is 0 Å². The summed E-state index contributed by atoms with van der Waals surface area (Å²) in [6.45, 7) is 6.98. The highest BCUT2D eigenvalue weighted by Gasteiger charge is 2.40. The maximum absolute atomic E-state index is 12.7. The summed E-state index contributed by atoms with van der Waals surface area (Å²) in [6.07, 6.45) is -1.26. The van der Waals surface area contributed by atoms with Crippen LogP contribution in [0.5, 0.6) is 0 Å². The van der Waals surface area contributed by atoms with Crippen LogP contribution < -0.4 is 5.32 Å². The van der Waals surface area contributed by atoms with Crippen molar-refractivity contribution >= 4 is 41.1 Å². The van der Waals surface area contributed by atoms with Crippen LogP contribution in [0.3, 0.4) is 0 Å². The average Bonchev–Trinajstić information content (AvgIpc) is 2.94. The number of nitrogens with one attached hydrogen (secondary N) is 1. The van der Waals surface area contributed by atoms with Crippen LogP contribution in [0.15, 0.2) is 24.3 Å². The highest BCUT2D eigenvalue weighted by molar-refractivity contribution is 8.13. The minimum absolute atomic E-state index is 0.0973. The molecule has 0 atom stereocenters. The van der Waals surface area contributed by atoms with Crippen LogP contribution in [0.2, 0.25) is 0 Å². The van der Waals surface area contributed by atoms with Gasteiger partial charge in [0.25, 0.3) is 11.8 Å². The summed E-state index contributed by atoms with van der Waals surface area (Å²) in [6, 6.07) is 6.40. The molecular formula is C21H27N3O7S. The van der Waals surface area contributed by atoms with Gasteiger partial charge in [0.1, 0.15) is 5.60 Å². The van der Waals surface area contributed by atoms with E-state index in [4.69, 9.17) is 4.74 Å². The predicted octanol–water partition coefficient (Wildman–Crippen LogP) is 3.81. The number of carbonyl (C=O) groups excluding carboxylic acids is 5. The first-order valence-electron chi connectivity index (χ1n) is 10.2. The van der Waals surface area contributed by atoms with Gasteiger partial charge in [0, 0.05) is 13.1 Å². The number of thioether (sulfide) groups is 1. The van der Waals surface area contributed by atoms with Gasteiger partial charge in [-0.15, -0.1) is 0 Å². The Bertz CT molecular complexity index is 863. The summed E-state index contributed by atoms with van der Waals surface area (Å²) in [5, 5.41) is 4.00. The smallest absolute Gasteiger partial charge is 0.428 e. The molecule has 1 aliphatic rings. The van der Waals surface area contributed by atoms with E-state index in [-0.39, 0.29) is 24.2 Å². The molecule has 0 bridgehead atoms. The third-order valence-electron chi connectivity index (χ3n) is 4.12. The summed E-state index contributed by atoms with van der Waals surface area (Å²) >= 11 is 0.989. The Balaban J connectivity index is 1.89. The molecule has 1 aliphatic heterocycles. The minimum atomic E-state index is -1.10. The zero-order chi connectivity index (χ0) is 23.9. The molecule has 4 amide bonds. The van der Waals surface area contributed by atoms with E-state index in [1.54, 1.807) is 52.0 Å².